The van der Waals surface area contributed by atoms with Gasteiger partial charge in [-0.05, 0) is 37.8 Å². The van der Waals surface area contributed by atoms with Crippen molar-refractivity contribution in [2.24, 2.45) is 13.0 Å². The van der Waals surface area contributed by atoms with Crippen molar-refractivity contribution in [1.82, 2.24) is 19.7 Å². The molecule has 0 spiro atoms. The highest BCUT2D eigenvalue weighted by Crippen LogP contribution is 2.31. The van der Waals surface area contributed by atoms with Crippen molar-refractivity contribution in [1.29, 1.82) is 0 Å². The van der Waals surface area contributed by atoms with Gasteiger partial charge in [0.25, 0.3) is 5.91 Å². The van der Waals surface area contributed by atoms with E-state index in [1.807, 2.05) is 41.9 Å². The van der Waals surface area contributed by atoms with Crippen LogP contribution >= 0.6 is 0 Å². The molecule has 0 radical (unpaired) electrons. The fraction of sp³-hybridized carbons (Fsp3) is 0.526. The van der Waals surface area contributed by atoms with Crippen LogP contribution in [0.2, 0.25) is 0 Å². The third kappa shape index (κ3) is 3.44. The van der Waals surface area contributed by atoms with Crippen LogP contribution in [-0.4, -0.2) is 45.3 Å². The Hall–Kier alpha value is -2.21. The Morgan fingerprint density at radius 2 is 2.16 bits per heavy atom. The van der Waals surface area contributed by atoms with Gasteiger partial charge in [0, 0.05) is 43.9 Å². The van der Waals surface area contributed by atoms with Crippen LogP contribution in [0.5, 0.6) is 0 Å². The Morgan fingerprint density at radius 3 is 2.92 bits per heavy atom. The average molecular weight is 340 g/mol. The van der Waals surface area contributed by atoms with Gasteiger partial charge in [0.1, 0.15) is 5.69 Å². The fourth-order valence-electron chi connectivity index (χ4n) is 3.54. The first kappa shape index (κ1) is 16.3. The van der Waals surface area contributed by atoms with E-state index in [2.05, 4.69) is 10.1 Å². The van der Waals surface area contributed by atoms with Gasteiger partial charge in [-0.1, -0.05) is 6.07 Å². The summed E-state index contributed by atoms with van der Waals surface area (Å²) in [4.78, 5) is 19.2. The van der Waals surface area contributed by atoms with Crippen LogP contribution < -0.4 is 0 Å². The Balaban J connectivity index is 1.53. The number of aromatic nitrogens is 3. The first-order valence-corrected chi connectivity index (χ1v) is 8.93. The molecule has 1 aliphatic carbocycles. The standard InChI is InChI=1S/C19H24N4O2/c1-13-4-3-5-17(21-13)19(24)23-9-15-8-20-22(2)18(15)16(10-23)12-25-11-14-6-7-14/h3-5,8,14,16H,6-7,9-12H2,1-2H3/t16-/m1/s1. The van der Waals surface area contributed by atoms with Crippen molar-refractivity contribution in [2.75, 3.05) is 19.8 Å². The number of pyridine rings is 1. The molecule has 1 atom stereocenters. The van der Waals surface area contributed by atoms with Crippen LogP contribution in [-0.2, 0) is 18.3 Å². The molecule has 1 amide bonds. The molecule has 6 heteroatoms. The zero-order valence-electron chi connectivity index (χ0n) is 14.8. The summed E-state index contributed by atoms with van der Waals surface area (Å²) in [7, 11) is 1.96. The number of aryl methyl sites for hydroxylation is 2. The highest BCUT2D eigenvalue weighted by atomic mass is 16.5. The normalized spacial score (nSPS) is 19.8. The Bertz CT molecular complexity index is 781. The van der Waals surface area contributed by atoms with Crippen LogP contribution in [0.1, 0.15) is 46.2 Å². The van der Waals surface area contributed by atoms with Gasteiger partial charge in [-0.3, -0.25) is 9.48 Å². The van der Waals surface area contributed by atoms with E-state index in [1.165, 1.54) is 18.5 Å². The van der Waals surface area contributed by atoms with E-state index in [9.17, 15) is 4.79 Å². The maximum absolute atomic E-state index is 12.9. The molecule has 1 saturated carbocycles. The molecule has 0 aromatic carbocycles. The van der Waals surface area contributed by atoms with Gasteiger partial charge < -0.3 is 9.64 Å². The van der Waals surface area contributed by atoms with Crippen molar-refractivity contribution >= 4 is 5.91 Å². The minimum Gasteiger partial charge on any atom is -0.380 e. The first-order valence-electron chi connectivity index (χ1n) is 8.93. The molecule has 0 bridgehead atoms. The number of rotatable bonds is 5. The summed E-state index contributed by atoms with van der Waals surface area (Å²) >= 11 is 0. The van der Waals surface area contributed by atoms with Crippen LogP contribution in [0.15, 0.2) is 24.4 Å². The van der Waals surface area contributed by atoms with Crippen LogP contribution in [0.3, 0.4) is 0 Å². The van der Waals surface area contributed by atoms with Gasteiger partial charge in [-0.15, -0.1) is 0 Å². The molecule has 1 aliphatic heterocycles. The second kappa shape index (κ2) is 6.59. The van der Waals surface area contributed by atoms with Gasteiger partial charge in [-0.2, -0.15) is 5.10 Å². The highest BCUT2D eigenvalue weighted by Gasteiger charge is 2.32. The van der Waals surface area contributed by atoms with E-state index in [4.69, 9.17) is 4.74 Å². The molecule has 3 heterocycles. The predicted octanol–water partition coefficient (Wildman–Crippen LogP) is 2.29. The summed E-state index contributed by atoms with van der Waals surface area (Å²) in [6, 6.07) is 5.57. The molecular weight excluding hydrogens is 316 g/mol. The van der Waals surface area contributed by atoms with Gasteiger partial charge in [-0.25, -0.2) is 4.98 Å². The third-order valence-corrected chi connectivity index (χ3v) is 5.02. The molecule has 4 rings (SSSR count). The molecule has 0 saturated heterocycles. The number of ether oxygens (including phenoxy) is 1. The Kier molecular flexibility index (Phi) is 4.29. The summed E-state index contributed by atoms with van der Waals surface area (Å²) < 4.78 is 7.86. The molecular formula is C19H24N4O2. The van der Waals surface area contributed by atoms with E-state index in [0.29, 0.717) is 25.4 Å². The highest BCUT2D eigenvalue weighted by molar-refractivity contribution is 5.92. The smallest absolute Gasteiger partial charge is 0.272 e. The fourth-order valence-corrected chi connectivity index (χ4v) is 3.54. The number of amides is 1. The van der Waals surface area contributed by atoms with E-state index in [1.54, 1.807) is 6.07 Å². The second-order valence-electron chi connectivity index (χ2n) is 7.21. The average Bonchev–Trinajstić information content (AvgIpc) is 3.36. The van der Waals surface area contributed by atoms with E-state index in [-0.39, 0.29) is 11.8 Å². The molecule has 0 unspecified atom stereocenters. The summed E-state index contributed by atoms with van der Waals surface area (Å²) in [5, 5.41) is 4.39. The first-order chi connectivity index (χ1) is 12.1. The zero-order valence-corrected chi connectivity index (χ0v) is 14.8. The lowest BCUT2D eigenvalue weighted by molar-refractivity contribution is 0.0616. The van der Waals surface area contributed by atoms with E-state index >= 15 is 0 Å². The molecule has 1 fully saturated rings. The van der Waals surface area contributed by atoms with Crippen molar-refractivity contribution < 1.29 is 9.53 Å². The third-order valence-electron chi connectivity index (χ3n) is 5.02. The maximum atomic E-state index is 12.9. The largest absolute Gasteiger partial charge is 0.380 e. The van der Waals surface area contributed by atoms with Crippen molar-refractivity contribution in [2.45, 2.75) is 32.2 Å². The van der Waals surface area contributed by atoms with Gasteiger partial charge in [0.2, 0.25) is 0 Å². The van der Waals surface area contributed by atoms with Gasteiger partial charge >= 0.3 is 0 Å². The van der Waals surface area contributed by atoms with Crippen molar-refractivity contribution in [3.8, 4) is 0 Å². The van der Waals surface area contributed by atoms with Crippen LogP contribution in [0, 0.1) is 12.8 Å². The molecule has 25 heavy (non-hydrogen) atoms. The quantitative estimate of drug-likeness (QED) is 0.838. The minimum absolute atomic E-state index is 0.0228. The van der Waals surface area contributed by atoms with Crippen molar-refractivity contribution in [3.05, 3.63) is 47.0 Å². The summed E-state index contributed by atoms with van der Waals surface area (Å²) in [6.07, 6.45) is 4.43. The molecule has 2 aromatic rings. The lowest BCUT2D eigenvalue weighted by Gasteiger charge is -2.33. The number of carbonyl (C=O) groups excluding carboxylic acids is 1. The topological polar surface area (TPSA) is 60.2 Å². The maximum Gasteiger partial charge on any atom is 0.272 e. The molecule has 0 N–H and O–H groups in total. The monoisotopic (exact) mass is 340 g/mol. The lowest BCUT2D eigenvalue weighted by atomic mass is 9.96. The number of hydrogen-bond donors (Lipinski definition) is 0. The Morgan fingerprint density at radius 1 is 1.32 bits per heavy atom. The molecule has 132 valence electrons. The number of hydrogen-bond acceptors (Lipinski definition) is 4. The molecule has 6 nitrogen and oxygen atoms in total. The minimum atomic E-state index is -0.0228. The van der Waals surface area contributed by atoms with E-state index < -0.39 is 0 Å². The Labute approximate surface area is 147 Å². The molecule has 2 aromatic heterocycles. The van der Waals surface area contributed by atoms with Crippen molar-refractivity contribution in [3.63, 3.8) is 0 Å². The SMILES string of the molecule is Cc1cccc(C(=O)N2Cc3cnn(C)c3[C@@H](COCC3CC3)C2)n1. The van der Waals surface area contributed by atoms with Crippen LogP contribution in [0.25, 0.3) is 0 Å². The number of carbonyl (C=O) groups is 1. The zero-order chi connectivity index (χ0) is 17.4. The lowest BCUT2D eigenvalue weighted by Crippen LogP contribution is -2.40. The van der Waals surface area contributed by atoms with Crippen LogP contribution in [0.4, 0.5) is 0 Å². The number of nitrogens with zero attached hydrogens (tertiary/aromatic N) is 4. The summed E-state index contributed by atoms with van der Waals surface area (Å²) in [6.45, 7) is 4.59. The van der Waals surface area contributed by atoms with E-state index in [0.717, 1.165) is 23.8 Å². The number of fused-ring (bicyclic) bond motifs is 1. The second-order valence-corrected chi connectivity index (χ2v) is 7.21. The summed E-state index contributed by atoms with van der Waals surface area (Å²) in [5.74, 6) is 0.873. The predicted molar refractivity (Wildman–Crippen MR) is 93.2 cm³/mol. The molecule has 2 aliphatic rings. The van der Waals surface area contributed by atoms with Gasteiger partial charge in [0.15, 0.2) is 0 Å². The summed E-state index contributed by atoms with van der Waals surface area (Å²) in [5.41, 5.74) is 3.66. The van der Waals surface area contributed by atoms with Gasteiger partial charge in [0.05, 0.1) is 18.5 Å².